The highest BCUT2D eigenvalue weighted by Crippen LogP contribution is 2.19. The van der Waals surface area contributed by atoms with E-state index in [1.54, 1.807) is 37.3 Å². The van der Waals surface area contributed by atoms with Crippen molar-refractivity contribution in [2.75, 3.05) is 5.73 Å². The lowest BCUT2D eigenvalue weighted by atomic mass is 9.98. The fourth-order valence-electron chi connectivity index (χ4n) is 1.69. The molecule has 0 saturated carbocycles. The molecular formula is C14H12FNO. The number of benzene rings is 2. The van der Waals surface area contributed by atoms with Crippen LogP contribution in [0.3, 0.4) is 0 Å². The van der Waals surface area contributed by atoms with Gasteiger partial charge in [-0.1, -0.05) is 18.2 Å². The van der Waals surface area contributed by atoms with Gasteiger partial charge in [-0.2, -0.15) is 0 Å². The zero-order valence-electron chi connectivity index (χ0n) is 9.41. The number of para-hydroxylation sites is 1. The molecule has 0 unspecified atom stereocenters. The highest BCUT2D eigenvalue weighted by Gasteiger charge is 2.14. The predicted molar refractivity (Wildman–Crippen MR) is 65.4 cm³/mol. The number of nitrogens with two attached hydrogens (primary N) is 1. The summed E-state index contributed by atoms with van der Waals surface area (Å²) in [5.41, 5.74) is 7.63. The van der Waals surface area contributed by atoms with Gasteiger partial charge in [0.15, 0.2) is 5.78 Å². The van der Waals surface area contributed by atoms with Crippen LogP contribution in [-0.4, -0.2) is 5.78 Å². The van der Waals surface area contributed by atoms with E-state index in [1.807, 2.05) is 0 Å². The molecular weight excluding hydrogens is 217 g/mol. The van der Waals surface area contributed by atoms with E-state index in [2.05, 4.69) is 0 Å². The maximum atomic E-state index is 13.1. The van der Waals surface area contributed by atoms with E-state index in [-0.39, 0.29) is 5.78 Å². The van der Waals surface area contributed by atoms with E-state index < -0.39 is 5.82 Å². The number of anilines is 1. The van der Waals surface area contributed by atoms with E-state index in [0.29, 0.717) is 16.8 Å². The largest absolute Gasteiger partial charge is 0.398 e. The zero-order chi connectivity index (χ0) is 12.4. The van der Waals surface area contributed by atoms with Crippen LogP contribution in [-0.2, 0) is 0 Å². The highest BCUT2D eigenvalue weighted by atomic mass is 19.1. The first-order chi connectivity index (χ1) is 8.09. The zero-order valence-corrected chi connectivity index (χ0v) is 9.41. The average Bonchev–Trinajstić information content (AvgIpc) is 2.32. The van der Waals surface area contributed by atoms with Gasteiger partial charge in [0.2, 0.25) is 0 Å². The minimum atomic E-state index is -0.423. The molecule has 0 atom stereocenters. The van der Waals surface area contributed by atoms with E-state index in [1.165, 1.54) is 12.1 Å². The summed E-state index contributed by atoms with van der Waals surface area (Å²) in [6.45, 7) is 1.77. The molecule has 86 valence electrons. The molecule has 0 aliphatic heterocycles. The lowest BCUT2D eigenvalue weighted by molar-refractivity contribution is 0.103. The predicted octanol–water partition coefficient (Wildman–Crippen LogP) is 2.95. The number of carbonyl (C=O) groups is 1. The van der Waals surface area contributed by atoms with E-state index >= 15 is 0 Å². The van der Waals surface area contributed by atoms with Crippen LogP contribution in [0.2, 0.25) is 0 Å². The first kappa shape index (κ1) is 11.3. The molecule has 2 N–H and O–H groups in total. The van der Waals surface area contributed by atoms with Crippen LogP contribution in [0.4, 0.5) is 10.1 Å². The molecule has 0 aliphatic carbocycles. The molecule has 0 saturated heterocycles. The molecule has 17 heavy (non-hydrogen) atoms. The Hall–Kier alpha value is -2.16. The third-order valence-electron chi connectivity index (χ3n) is 2.65. The van der Waals surface area contributed by atoms with Crippen molar-refractivity contribution < 1.29 is 9.18 Å². The van der Waals surface area contributed by atoms with Gasteiger partial charge in [0, 0.05) is 16.8 Å². The Morgan fingerprint density at radius 2 is 1.82 bits per heavy atom. The van der Waals surface area contributed by atoms with Crippen molar-refractivity contribution >= 4 is 11.5 Å². The van der Waals surface area contributed by atoms with Crippen LogP contribution in [0.15, 0.2) is 42.5 Å². The van der Waals surface area contributed by atoms with Crippen LogP contribution in [0, 0.1) is 12.7 Å². The van der Waals surface area contributed by atoms with Gasteiger partial charge in [-0.05, 0) is 36.8 Å². The summed E-state index contributed by atoms with van der Waals surface area (Å²) < 4.78 is 13.1. The molecule has 2 rings (SSSR count). The summed E-state index contributed by atoms with van der Waals surface area (Å²) in [6, 6.07) is 10.9. The smallest absolute Gasteiger partial charge is 0.195 e. The number of nitrogen functional groups attached to an aromatic ring is 1. The quantitative estimate of drug-likeness (QED) is 0.635. The monoisotopic (exact) mass is 229 g/mol. The number of hydrogen-bond donors (Lipinski definition) is 1. The van der Waals surface area contributed by atoms with Crippen molar-refractivity contribution in [3.05, 3.63) is 65.0 Å². The molecule has 0 radical (unpaired) electrons. The standard InChI is InChI=1S/C14H12FNO/c1-9-6-7-10(15)8-12(9)14(17)11-4-2-3-5-13(11)16/h2-8H,16H2,1H3. The first-order valence-corrected chi connectivity index (χ1v) is 5.25. The van der Waals surface area contributed by atoms with Crippen LogP contribution >= 0.6 is 0 Å². The summed E-state index contributed by atoms with van der Waals surface area (Å²) in [5, 5.41) is 0. The van der Waals surface area contributed by atoms with Crippen molar-refractivity contribution in [1.82, 2.24) is 0 Å². The van der Waals surface area contributed by atoms with Gasteiger partial charge in [0.1, 0.15) is 5.82 Å². The van der Waals surface area contributed by atoms with Crippen molar-refractivity contribution in [2.24, 2.45) is 0 Å². The maximum absolute atomic E-state index is 13.1. The fourth-order valence-corrected chi connectivity index (χ4v) is 1.69. The van der Waals surface area contributed by atoms with Crippen LogP contribution in [0.5, 0.6) is 0 Å². The van der Waals surface area contributed by atoms with Gasteiger partial charge in [-0.25, -0.2) is 4.39 Å². The molecule has 3 heteroatoms. The van der Waals surface area contributed by atoms with Gasteiger partial charge in [0.05, 0.1) is 0 Å². The van der Waals surface area contributed by atoms with Crippen LogP contribution < -0.4 is 5.73 Å². The second kappa shape index (κ2) is 4.37. The summed E-state index contributed by atoms with van der Waals surface area (Å²) in [7, 11) is 0. The van der Waals surface area contributed by atoms with Crippen molar-refractivity contribution in [3.63, 3.8) is 0 Å². The second-order valence-corrected chi connectivity index (χ2v) is 3.88. The minimum absolute atomic E-state index is 0.250. The van der Waals surface area contributed by atoms with Crippen molar-refractivity contribution in [1.29, 1.82) is 0 Å². The second-order valence-electron chi connectivity index (χ2n) is 3.88. The summed E-state index contributed by atoms with van der Waals surface area (Å²) >= 11 is 0. The topological polar surface area (TPSA) is 43.1 Å². The SMILES string of the molecule is Cc1ccc(F)cc1C(=O)c1ccccc1N. The molecule has 0 bridgehead atoms. The van der Waals surface area contributed by atoms with Gasteiger partial charge >= 0.3 is 0 Å². The fraction of sp³-hybridized carbons (Fsp3) is 0.0714. The molecule has 2 nitrogen and oxygen atoms in total. The van der Waals surface area contributed by atoms with Crippen molar-refractivity contribution in [3.8, 4) is 0 Å². The Morgan fingerprint density at radius 3 is 2.53 bits per heavy atom. The molecule has 0 fully saturated rings. The van der Waals surface area contributed by atoms with Gasteiger partial charge < -0.3 is 5.73 Å². The highest BCUT2D eigenvalue weighted by molar-refractivity contribution is 6.12. The Morgan fingerprint density at radius 1 is 1.12 bits per heavy atom. The third-order valence-corrected chi connectivity index (χ3v) is 2.65. The molecule has 0 aliphatic rings. The van der Waals surface area contributed by atoms with Crippen molar-refractivity contribution in [2.45, 2.75) is 6.92 Å². The summed E-state index contributed by atoms with van der Waals surface area (Å²) in [4.78, 5) is 12.2. The van der Waals surface area contributed by atoms with Gasteiger partial charge in [0.25, 0.3) is 0 Å². The normalized spacial score (nSPS) is 10.2. The number of halogens is 1. The van der Waals surface area contributed by atoms with Crippen LogP contribution in [0.25, 0.3) is 0 Å². The number of rotatable bonds is 2. The van der Waals surface area contributed by atoms with Crippen LogP contribution in [0.1, 0.15) is 21.5 Å². The third kappa shape index (κ3) is 2.18. The molecule has 0 heterocycles. The Balaban J connectivity index is 2.51. The molecule has 0 spiro atoms. The number of ketones is 1. The lowest BCUT2D eigenvalue weighted by Crippen LogP contribution is -2.07. The number of carbonyl (C=O) groups excluding carboxylic acids is 1. The summed E-state index contributed by atoms with van der Waals surface area (Å²) in [5.74, 6) is -0.673. The Labute approximate surface area is 98.9 Å². The maximum Gasteiger partial charge on any atom is 0.195 e. The molecule has 0 aromatic heterocycles. The minimum Gasteiger partial charge on any atom is -0.398 e. The van der Waals surface area contributed by atoms with Gasteiger partial charge in [-0.15, -0.1) is 0 Å². The summed E-state index contributed by atoms with van der Waals surface area (Å²) in [6.07, 6.45) is 0. The first-order valence-electron chi connectivity index (χ1n) is 5.25. The molecule has 2 aromatic carbocycles. The molecule has 0 amide bonds. The number of aryl methyl sites for hydroxylation is 1. The lowest BCUT2D eigenvalue weighted by Gasteiger charge is -2.07. The Bertz CT molecular complexity index is 578. The van der Waals surface area contributed by atoms with E-state index in [0.717, 1.165) is 5.56 Å². The Kier molecular flexibility index (Phi) is 2.91. The number of hydrogen-bond acceptors (Lipinski definition) is 2. The van der Waals surface area contributed by atoms with E-state index in [4.69, 9.17) is 5.73 Å². The average molecular weight is 229 g/mol. The van der Waals surface area contributed by atoms with E-state index in [9.17, 15) is 9.18 Å². The van der Waals surface area contributed by atoms with Gasteiger partial charge in [-0.3, -0.25) is 4.79 Å². The molecule has 2 aromatic rings.